The molecule has 0 radical (unpaired) electrons. The van der Waals surface area contributed by atoms with Gasteiger partial charge in [0.05, 0.1) is 6.61 Å². The monoisotopic (exact) mass is 247 g/mol. The van der Waals surface area contributed by atoms with Crippen molar-refractivity contribution in [2.24, 2.45) is 0 Å². The number of anilines is 1. The minimum atomic E-state index is -0.116. The number of hydrogen-bond donors (Lipinski definition) is 1. The molecule has 0 bridgehead atoms. The maximum atomic E-state index is 11.3. The number of aryl methyl sites for hydroxylation is 1. The Kier molecular flexibility index (Phi) is 3.19. The van der Waals surface area contributed by atoms with Gasteiger partial charge in [0.1, 0.15) is 5.75 Å². The number of carbonyl (C=O) groups excluding carboxylic acids is 1. The lowest BCUT2D eigenvalue weighted by Crippen LogP contribution is -2.25. The van der Waals surface area contributed by atoms with Gasteiger partial charge in [-0.15, -0.1) is 0 Å². The average molecular weight is 247 g/mol. The summed E-state index contributed by atoms with van der Waals surface area (Å²) in [4.78, 5) is 11.3. The Balaban J connectivity index is 1.71. The highest BCUT2D eigenvalue weighted by Gasteiger charge is 2.18. The molecule has 0 saturated carbocycles. The van der Waals surface area contributed by atoms with E-state index in [2.05, 4.69) is 5.32 Å². The molecule has 2 aliphatic heterocycles. The van der Waals surface area contributed by atoms with Crippen LogP contribution in [0.25, 0.3) is 0 Å². The zero-order valence-electron chi connectivity index (χ0n) is 10.3. The second-order valence-electron chi connectivity index (χ2n) is 4.78. The van der Waals surface area contributed by atoms with Crippen LogP contribution in [0.3, 0.4) is 0 Å². The van der Waals surface area contributed by atoms with E-state index in [0.29, 0.717) is 6.42 Å². The normalized spacial score (nSPS) is 23.1. The molecule has 1 saturated heterocycles. The molecule has 3 rings (SSSR count). The second kappa shape index (κ2) is 4.98. The van der Waals surface area contributed by atoms with Gasteiger partial charge in [0.25, 0.3) is 0 Å². The fourth-order valence-corrected chi connectivity index (χ4v) is 2.39. The molecule has 96 valence electrons. The molecule has 1 N–H and O–H groups in total. The van der Waals surface area contributed by atoms with Crippen LogP contribution in [-0.4, -0.2) is 18.8 Å². The molecule has 18 heavy (non-hydrogen) atoms. The molecule has 0 aliphatic carbocycles. The molecule has 1 unspecified atom stereocenters. The third kappa shape index (κ3) is 2.48. The Morgan fingerprint density at radius 3 is 3.06 bits per heavy atom. The van der Waals surface area contributed by atoms with Crippen molar-refractivity contribution in [2.75, 3.05) is 11.9 Å². The van der Waals surface area contributed by atoms with E-state index in [1.165, 1.54) is 0 Å². The van der Waals surface area contributed by atoms with Gasteiger partial charge in [0, 0.05) is 18.5 Å². The third-order valence-electron chi connectivity index (χ3n) is 3.38. The molecule has 0 aromatic heterocycles. The first-order valence-corrected chi connectivity index (χ1v) is 6.52. The van der Waals surface area contributed by atoms with Crippen LogP contribution >= 0.6 is 0 Å². The van der Waals surface area contributed by atoms with Crippen molar-refractivity contribution in [3.63, 3.8) is 0 Å². The van der Waals surface area contributed by atoms with Gasteiger partial charge < -0.3 is 14.8 Å². The van der Waals surface area contributed by atoms with Crippen LogP contribution in [-0.2, 0) is 16.0 Å². The first-order chi connectivity index (χ1) is 8.81. The minimum absolute atomic E-state index is 0.0896. The van der Waals surface area contributed by atoms with Crippen molar-refractivity contribution in [1.82, 2.24) is 0 Å². The Labute approximate surface area is 106 Å². The zero-order chi connectivity index (χ0) is 12.4. The Morgan fingerprint density at radius 1 is 1.28 bits per heavy atom. The Hall–Kier alpha value is -1.55. The van der Waals surface area contributed by atoms with E-state index in [0.717, 1.165) is 49.3 Å². The topological polar surface area (TPSA) is 47.6 Å². The molecular formula is C14H17NO3. The summed E-state index contributed by atoms with van der Waals surface area (Å²) in [5.74, 6) is 0.920. The van der Waals surface area contributed by atoms with Gasteiger partial charge in [0.15, 0.2) is 6.29 Å². The van der Waals surface area contributed by atoms with Crippen molar-refractivity contribution in [1.29, 1.82) is 0 Å². The van der Waals surface area contributed by atoms with E-state index in [4.69, 9.17) is 9.47 Å². The maximum absolute atomic E-state index is 11.3. The number of hydrogen-bond acceptors (Lipinski definition) is 3. The third-order valence-corrected chi connectivity index (χ3v) is 3.38. The average Bonchev–Trinajstić information content (AvgIpc) is 2.40. The van der Waals surface area contributed by atoms with Crippen LogP contribution < -0.4 is 10.1 Å². The van der Waals surface area contributed by atoms with Crippen LogP contribution in [0.5, 0.6) is 5.75 Å². The molecule has 0 spiro atoms. The first-order valence-electron chi connectivity index (χ1n) is 6.52. The summed E-state index contributed by atoms with van der Waals surface area (Å²) >= 11 is 0. The molecule has 4 heteroatoms. The Bertz CT molecular complexity index is 452. The lowest BCUT2D eigenvalue weighted by Gasteiger charge is -2.24. The van der Waals surface area contributed by atoms with Crippen molar-refractivity contribution < 1.29 is 14.3 Å². The molecule has 1 amide bonds. The highest BCUT2D eigenvalue weighted by molar-refractivity contribution is 5.93. The number of fused-ring (bicyclic) bond motifs is 1. The highest BCUT2D eigenvalue weighted by Crippen LogP contribution is 2.28. The van der Waals surface area contributed by atoms with Gasteiger partial charge in [-0.25, -0.2) is 0 Å². The van der Waals surface area contributed by atoms with Crippen LogP contribution in [0.2, 0.25) is 0 Å². The van der Waals surface area contributed by atoms with E-state index in [9.17, 15) is 4.79 Å². The zero-order valence-corrected chi connectivity index (χ0v) is 10.3. The number of nitrogens with one attached hydrogen (secondary N) is 1. The molecule has 1 fully saturated rings. The number of amides is 1. The summed E-state index contributed by atoms with van der Waals surface area (Å²) < 4.78 is 11.4. The lowest BCUT2D eigenvalue weighted by atomic mass is 10.0. The van der Waals surface area contributed by atoms with Gasteiger partial charge in [-0.1, -0.05) is 0 Å². The van der Waals surface area contributed by atoms with E-state index in [-0.39, 0.29) is 12.2 Å². The predicted molar refractivity (Wildman–Crippen MR) is 67.6 cm³/mol. The SMILES string of the molecule is O=C1CCc2cc(OC3CCCCO3)ccc2N1. The van der Waals surface area contributed by atoms with Crippen LogP contribution in [0.15, 0.2) is 18.2 Å². The second-order valence-corrected chi connectivity index (χ2v) is 4.78. The predicted octanol–water partition coefficient (Wildman–Crippen LogP) is 2.48. The molecule has 2 aliphatic rings. The fourth-order valence-electron chi connectivity index (χ4n) is 2.39. The van der Waals surface area contributed by atoms with Gasteiger partial charge >= 0.3 is 0 Å². The van der Waals surface area contributed by atoms with E-state index in [1.807, 2.05) is 18.2 Å². The van der Waals surface area contributed by atoms with Gasteiger partial charge in [-0.05, 0) is 43.0 Å². The van der Waals surface area contributed by atoms with Gasteiger partial charge in [-0.2, -0.15) is 0 Å². The summed E-state index contributed by atoms with van der Waals surface area (Å²) in [5, 5.41) is 2.86. The van der Waals surface area contributed by atoms with Crippen molar-refractivity contribution in [3.8, 4) is 5.75 Å². The van der Waals surface area contributed by atoms with E-state index < -0.39 is 0 Å². The van der Waals surface area contributed by atoms with Crippen molar-refractivity contribution in [2.45, 2.75) is 38.4 Å². The minimum Gasteiger partial charge on any atom is -0.465 e. The smallest absolute Gasteiger partial charge is 0.224 e. The highest BCUT2D eigenvalue weighted by atomic mass is 16.7. The first kappa shape index (κ1) is 11.5. The van der Waals surface area contributed by atoms with Gasteiger partial charge in [-0.3, -0.25) is 4.79 Å². The summed E-state index contributed by atoms with van der Waals surface area (Å²) in [6, 6.07) is 5.81. The number of benzene rings is 1. The maximum Gasteiger partial charge on any atom is 0.224 e. The molecule has 1 aromatic rings. The van der Waals surface area contributed by atoms with E-state index >= 15 is 0 Å². The largest absolute Gasteiger partial charge is 0.465 e. The van der Waals surface area contributed by atoms with E-state index in [1.54, 1.807) is 0 Å². The summed E-state index contributed by atoms with van der Waals surface area (Å²) in [7, 11) is 0. The molecular weight excluding hydrogens is 230 g/mol. The van der Waals surface area contributed by atoms with Crippen LogP contribution in [0.4, 0.5) is 5.69 Å². The number of carbonyl (C=O) groups is 1. The fraction of sp³-hybridized carbons (Fsp3) is 0.500. The molecule has 1 atom stereocenters. The number of rotatable bonds is 2. The lowest BCUT2D eigenvalue weighted by molar-refractivity contribution is -0.116. The molecule has 4 nitrogen and oxygen atoms in total. The molecule has 1 aromatic carbocycles. The van der Waals surface area contributed by atoms with Crippen molar-refractivity contribution in [3.05, 3.63) is 23.8 Å². The summed E-state index contributed by atoms with van der Waals surface area (Å²) in [6.07, 6.45) is 4.45. The van der Waals surface area contributed by atoms with Crippen molar-refractivity contribution >= 4 is 11.6 Å². The Morgan fingerprint density at radius 2 is 2.22 bits per heavy atom. The van der Waals surface area contributed by atoms with Crippen LogP contribution in [0, 0.1) is 0 Å². The number of ether oxygens (including phenoxy) is 2. The molecule has 2 heterocycles. The summed E-state index contributed by atoms with van der Waals surface area (Å²) in [6.45, 7) is 0.783. The van der Waals surface area contributed by atoms with Gasteiger partial charge in [0.2, 0.25) is 5.91 Å². The standard InChI is InChI=1S/C14H17NO3/c16-13-7-4-10-9-11(5-6-12(10)15-13)18-14-3-1-2-8-17-14/h5-6,9,14H,1-4,7-8H2,(H,15,16). The van der Waals surface area contributed by atoms with Crippen LogP contribution in [0.1, 0.15) is 31.2 Å². The quantitative estimate of drug-likeness (QED) is 0.873. The summed E-state index contributed by atoms with van der Waals surface area (Å²) in [5.41, 5.74) is 2.05.